The van der Waals surface area contributed by atoms with Crippen LogP contribution in [0.4, 0.5) is 5.82 Å². The molecular weight excluding hydrogens is 258 g/mol. The molecule has 3 nitrogen and oxygen atoms in total. The van der Waals surface area contributed by atoms with Crippen molar-refractivity contribution in [2.75, 3.05) is 24.5 Å². The number of nitrogens with zero attached hydrogens (tertiary/aromatic N) is 2. The monoisotopic (exact) mass is 281 g/mol. The van der Waals surface area contributed by atoms with E-state index < -0.39 is 0 Å². The first-order valence-electron chi connectivity index (χ1n) is 7.57. The fourth-order valence-electron chi connectivity index (χ4n) is 2.48. The second kappa shape index (κ2) is 7.66. The number of aromatic nitrogens is 1. The second-order valence-corrected chi connectivity index (χ2v) is 5.05. The smallest absolute Gasteiger partial charge is 0.137 e. The molecule has 1 aromatic heterocycles. The maximum Gasteiger partial charge on any atom is 0.137 e. The number of fused-ring (bicyclic) bond motifs is 1. The molecule has 0 aliphatic heterocycles. The molecule has 110 valence electrons. The zero-order valence-corrected chi connectivity index (χ0v) is 12.9. The minimum Gasteiger partial charge on any atom is -0.345 e. The van der Waals surface area contributed by atoms with Crippen molar-refractivity contribution in [3.05, 3.63) is 36.0 Å². The van der Waals surface area contributed by atoms with Crippen molar-refractivity contribution in [3.8, 4) is 12.3 Å². The van der Waals surface area contributed by atoms with Gasteiger partial charge in [0.25, 0.3) is 0 Å². The molecule has 0 saturated carbocycles. The first-order valence-corrected chi connectivity index (χ1v) is 7.57. The Morgan fingerprint density at radius 1 is 1.24 bits per heavy atom. The van der Waals surface area contributed by atoms with E-state index >= 15 is 0 Å². The molecule has 0 fully saturated rings. The van der Waals surface area contributed by atoms with Crippen molar-refractivity contribution in [2.24, 2.45) is 0 Å². The van der Waals surface area contributed by atoms with Crippen LogP contribution in [0.1, 0.15) is 25.8 Å². The highest BCUT2D eigenvalue weighted by atomic mass is 15.2. The number of pyridine rings is 1. The van der Waals surface area contributed by atoms with Gasteiger partial charge in [-0.2, -0.15) is 0 Å². The van der Waals surface area contributed by atoms with E-state index in [2.05, 4.69) is 59.2 Å². The molecule has 0 radical (unpaired) electrons. The van der Waals surface area contributed by atoms with Gasteiger partial charge in [-0.1, -0.05) is 37.1 Å². The summed E-state index contributed by atoms with van der Waals surface area (Å²) >= 11 is 0. The van der Waals surface area contributed by atoms with E-state index in [1.54, 1.807) is 0 Å². The van der Waals surface area contributed by atoms with E-state index in [1.807, 2.05) is 6.20 Å². The zero-order valence-electron chi connectivity index (χ0n) is 12.9. The third-order valence-corrected chi connectivity index (χ3v) is 3.56. The molecule has 0 atom stereocenters. The molecule has 2 aromatic rings. The number of terminal acetylenes is 1. The van der Waals surface area contributed by atoms with Gasteiger partial charge in [0.05, 0.1) is 6.54 Å². The molecule has 1 N–H and O–H groups in total. The molecule has 21 heavy (non-hydrogen) atoms. The van der Waals surface area contributed by atoms with Gasteiger partial charge in [0.2, 0.25) is 0 Å². The van der Waals surface area contributed by atoms with Gasteiger partial charge in [0.15, 0.2) is 0 Å². The van der Waals surface area contributed by atoms with Crippen LogP contribution in [0.3, 0.4) is 0 Å². The van der Waals surface area contributed by atoms with Gasteiger partial charge in [-0.15, -0.1) is 6.42 Å². The first-order chi connectivity index (χ1) is 10.3. The van der Waals surface area contributed by atoms with Crippen LogP contribution in [0.25, 0.3) is 10.8 Å². The van der Waals surface area contributed by atoms with Gasteiger partial charge < -0.3 is 10.2 Å². The maximum atomic E-state index is 5.47. The van der Waals surface area contributed by atoms with Gasteiger partial charge in [0.1, 0.15) is 5.82 Å². The summed E-state index contributed by atoms with van der Waals surface area (Å²) in [5.74, 6) is 3.69. The summed E-state index contributed by atoms with van der Waals surface area (Å²) in [5.41, 5.74) is 1.24. The Kier molecular flexibility index (Phi) is 5.59. The van der Waals surface area contributed by atoms with Crippen LogP contribution in [0, 0.1) is 12.3 Å². The van der Waals surface area contributed by atoms with E-state index in [4.69, 9.17) is 6.42 Å². The van der Waals surface area contributed by atoms with Gasteiger partial charge in [-0.05, 0) is 30.8 Å². The minimum atomic E-state index is 0.584. The number of anilines is 1. The van der Waals surface area contributed by atoms with Crippen molar-refractivity contribution < 1.29 is 0 Å². The van der Waals surface area contributed by atoms with Crippen molar-refractivity contribution in [3.63, 3.8) is 0 Å². The lowest BCUT2D eigenvalue weighted by Crippen LogP contribution is -2.24. The fraction of sp³-hybridized carbons (Fsp3) is 0.389. The average molecular weight is 281 g/mol. The molecule has 0 amide bonds. The van der Waals surface area contributed by atoms with Crippen LogP contribution in [0.5, 0.6) is 0 Å². The highest BCUT2D eigenvalue weighted by Gasteiger charge is 2.11. The zero-order chi connectivity index (χ0) is 15.1. The molecule has 0 bridgehead atoms. The molecule has 0 saturated heterocycles. The summed E-state index contributed by atoms with van der Waals surface area (Å²) in [6.07, 6.45) is 8.57. The van der Waals surface area contributed by atoms with Crippen molar-refractivity contribution >= 4 is 16.6 Å². The average Bonchev–Trinajstić information content (AvgIpc) is 2.53. The molecule has 1 aromatic carbocycles. The minimum absolute atomic E-state index is 0.584. The van der Waals surface area contributed by atoms with Crippen molar-refractivity contribution in [1.82, 2.24) is 10.3 Å². The van der Waals surface area contributed by atoms with E-state index in [0.29, 0.717) is 6.54 Å². The largest absolute Gasteiger partial charge is 0.345 e. The summed E-state index contributed by atoms with van der Waals surface area (Å²) in [7, 11) is 0. The molecule has 0 unspecified atom stereocenters. The Hall–Kier alpha value is -2.05. The number of hydrogen-bond donors (Lipinski definition) is 1. The summed E-state index contributed by atoms with van der Waals surface area (Å²) < 4.78 is 0. The van der Waals surface area contributed by atoms with Crippen LogP contribution < -0.4 is 10.2 Å². The fourth-order valence-corrected chi connectivity index (χ4v) is 2.48. The Morgan fingerprint density at radius 3 is 2.67 bits per heavy atom. The van der Waals surface area contributed by atoms with E-state index in [1.165, 1.54) is 16.3 Å². The molecule has 3 heteroatoms. The summed E-state index contributed by atoms with van der Waals surface area (Å²) in [4.78, 5) is 6.80. The van der Waals surface area contributed by atoms with E-state index in [0.717, 1.165) is 31.9 Å². The van der Waals surface area contributed by atoms with Crippen LogP contribution in [-0.4, -0.2) is 24.6 Å². The summed E-state index contributed by atoms with van der Waals surface area (Å²) in [6.45, 7) is 7.59. The molecule has 2 rings (SSSR count). The lowest BCUT2D eigenvalue weighted by molar-refractivity contribution is 0.676. The standard InChI is InChI=1S/C18H23N3/c1-4-11-19-13-15-14-20-18(21(6-3)12-5-2)17-10-8-7-9-16(15)17/h2,7-10,14,19H,4,6,11-13H2,1,3H3. The van der Waals surface area contributed by atoms with Gasteiger partial charge >= 0.3 is 0 Å². The SMILES string of the molecule is C#CCN(CC)c1ncc(CNCCC)c2ccccc12. The van der Waals surface area contributed by atoms with Gasteiger partial charge in [-0.3, -0.25) is 0 Å². The van der Waals surface area contributed by atoms with Crippen molar-refractivity contribution in [2.45, 2.75) is 26.8 Å². The third-order valence-electron chi connectivity index (χ3n) is 3.56. The van der Waals surface area contributed by atoms with Gasteiger partial charge in [-0.25, -0.2) is 4.98 Å². The Bertz CT molecular complexity index is 628. The normalized spacial score (nSPS) is 10.5. The summed E-state index contributed by atoms with van der Waals surface area (Å²) in [6, 6.07) is 8.42. The lowest BCUT2D eigenvalue weighted by atomic mass is 10.1. The molecule has 0 spiro atoms. The van der Waals surface area contributed by atoms with Crippen LogP contribution in [-0.2, 0) is 6.54 Å². The number of nitrogens with one attached hydrogen (secondary N) is 1. The highest BCUT2D eigenvalue weighted by Crippen LogP contribution is 2.27. The van der Waals surface area contributed by atoms with Crippen LogP contribution in [0.15, 0.2) is 30.5 Å². The third kappa shape index (κ3) is 3.53. The molecular formula is C18H23N3. The van der Waals surface area contributed by atoms with Crippen LogP contribution >= 0.6 is 0 Å². The van der Waals surface area contributed by atoms with Crippen molar-refractivity contribution in [1.29, 1.82) is 0 Å². The molecule has 0 aliphatic rings. The van der Waals surface area contributed by atoms with Gasteiger partial charge in [0, 0.05) is 24.7 Å². The Morgan fingerprint density at radius 2 is 2.00 bits per heavy atom. The lowest BCUT2D eigenvalue weighted by Gasteiger charge is -2.22. The number of hydrogen-bond acceptors (Lipinski definition) is 3. The predicted octanol–water partition coefficient (Wildman–Crippen LogP) is 3.19. The topological polar surface area (TPSA) is 28.2 Å². The van der Waals surface area contributed by atoms with Crippen LogP contribution in [0.2, 0.25) is 0 Å². The maximum absolute atomic E-state index is 5.47. The second-order valence-electron chi connectivity index (χ2n) is 5.05. The molecule has 1 heterocycles. The highest BCUT2D eigenvalue weighted by molar-refractivity contribution is 5.94. The first kappa shape index (κ1) is 15.3. The quantitative estimate of drug-likeness (QED) is 0.624. The van der Waals surface area contributed by atoms with E-state index in [9.17, 15) is 0 Å². The molecule has 0 aliphatic carbocycles. The summed E-state index contributed by atoms with van der Waals surface area (Å²) in [5, 5.41) is 5.87. The number of benzene rings is 1. The Labute approximate surface area is 127 Å². The predicted molar refractivity (Wildman–Crippen MR) is 90.5 cm³/mol. The van der Waals surface area contributed by atoms with E-state index in [-0.39, 0.29) is 0 Å². The Balaban J connectivity index is 2.41. The number of rotatable bonds is 7.